The van der Waals surface area contributed by atoms with Crippen LogP contribution >= 0.6 is 11.6 Å². The van der Waals surface area contributed by atoms with Gasteiger partial charge >= 0.3 is 5.97 Å². The summed E-state index contributed by atoms with van der Waals surface area (Å²) < 4.78 is 6.29. The van der Waals surface area contributed by atoms with Crippen LogP contribution in [0.25, 0.3) is 0 Å². The third kappa shape index (κ3) is 4.21. The Labute approximate surface area is 210 Å². The van der Waals surface area contributed by atoms with Gasteiger partial charge < -0.3 is 14.7 Å². The van der Waals surface area contributed by atoms with E-state index < -0.39 is 5.97 Å². The van der Waals surface area contributed by atoms with E-state index in [0.717, 1.165) is 67.4 Å². The number of carbonyl (C=O) groups is 1. The lowest BCUT2D eigenvalue weighted by molar-refractivity contribution is -0.0627. The molecule has 2 aromatic carbocycles. The summed E-state index contributed by atoms with van der Waals surface area (Å²) in [4.78, 5) is 19.6. The number of rotatable bonds is 4. The summed E-state index contributed by atoms with van der Waals surface area (Å²) in [6.07, 6.45) is 6.07. The van der Waals surface area contributed by atoms with Gasteiger partial charge in [-0.2, -0.15) is 0 Å². The number of carboxylic acids is 1. The van der Waals surface area contributed by atoms with E-state index in [1.165, 1.54) is 24.0 Å². The first-order chi connectivity index (χ1) is 16.7. The molecule has 1 N–H and O–H groups in total. The molecule has 3 heterocycles. The first kappa shape index (κ1) is 22.9. The van der Waals surface area contributed by atoms with E-state index in [9.17, 15) is 4.79 Å². The van der Waals surface area contributed by atoms with Gasteiger partial charge in [0.15, 0.2) is 0 Å². The van der Waals surface area contributed by atoms with Crippen LogP contribution in [0.4, 0.5) is 0 Å². The number of aromatic carboxylic acids is 1. The summed E-state index contributed by atoms with van der Waals surface area (Å²) in [5.74, 6) is -0.0314. The molecule has 0 aromatic heterocycles. The number of piperidine rings is 1. The zero-order valence-electron chi connectivity index (χ0n) is 20.3. The second kappa shape index (κ2) is 7.97. The van der Waals surface area contributed by atoms with Gasteiger partial charge in [0.25, 0.3) is 0 Å². The summed E-state index contributed by atoms with van der Waals surface area (Å²) >= 11 is 6.74. The summed E-state index contributed by atoms with van der Waals surface area (Å²) in [5, 5.41) is 14.2. The molecule has 2 aromatic rings. The number of halogens is 1. The largest absolute Gasteiger partial charge is 0.486 e. The maximum Gasteiger partial charge on any atom is 0.335 e. The fourth-order valence-electron chi connectivity index (χ4n) is 6.18. The Bertz CT molecular complexity index is 1210. The first-order valence-corrected chi connectivity index (χ1v) is 12.9. The molecule has 0 atom stereocenters. The number of likely N-dealkylation sites (tertiary alicyclic amines) is 1. The van der Waals surface area contributed by atoms with Crippen LogP contribution in [0.2, 0.25) is 5.02 Å². The number of nitrogens with zero attached hydrogens (tertiary/aromatic N) is 2. The van der Waals surface area contributed by atoms with Crippen LogP contribution in [0.5, 0.6) is 5.75 Å². The molecular formula is C28H31ClN2O4. The lowest BCUT2D eigenvalue weighted by atomic mass is 9.81. The fraction of sp³-hybridized carbons (Fsp3) is 0.500. The molecular weight excluding hydrogens is 464 g/mol. The van der Waals surface area contributed by atoms with Crippen LogP contribution in [0.1, 0.15) is 79.4 Å². The smallest absolute Gasteiger partial charge is 0.335 e. The standard InChI is InChI=1S/C28H31ClN2O4/c1-26(2)17-27(7-8-27)21-13-18(14-22(29)24(21)34-26)16-31-11-9-28(10-12-31)15-23(30-35-28)19-3-5-20(6-4-19)25(32)33/h3-6,13-14H,7-12,15-17H2,1-2H3,(H,32,33). The number of benzene rings is 2. The van der Waals surface area contributed by atoms with Gasteiger partial charge in [0, 0.05) is 49.9 Å². The second-order valence-corrected chi connectivity index (χ2v) is 11.8. The minimum absolute atomic E-state index is 0.170. The van der Waals surface area contributed by atoms with Crippen molar-refractivity contribution in [1.82, 2.24) is 4.90 Å². The molecule has 184 valence electrons. The molecule has 2 spiro atoms. The average Bonchev–Trinajstić information content (AvgIpc) is 3.45. The van der Waals surface area contributed by atoms with E-state index in [1.807, 2.05) is 12.1 Å². The summed E-state index contributed by atoms with van der Waals surface area (Å²) in [5.41, 5.74) is 4.48. The quantitative estimate of drug-likeness (QED) is 0.582. The van der Waals surface area contributed by atoms with E-state index >= 15 is 0 Å². The van der Waals surface area contributed by atoms with Crippen molar-refractivity contribution in [2.75, 3.05) is 13.1 Å². The summed E-state index contributed by atoms with van der Waals surface area (Å²) in [6.45, 7) is 7.06. The molecule has 0 unspecified atom stereocenters. The Morgan fingerprint density at radius 1 is 1.11 bits per heavy atom. The average molecular weight is 495 g/mol. The van der Waals surface area contributed by atoms with Crippen LogP contribution in [0.3, 0.4) is 0 Å². The fourth-order valence-corrected chi connectivity index (χ4v) is 6.47. The summed E-state index contributed by atoms with van der Waals surface area (Å²) in [7, 11) is 0. The predicted molar refractivity (Wildman–Crippen MR) is 135 cm³/mol. The van der Waals surface area contributed by atoms with Gasteiger partial charge in [-0.25, -0.2) is 4.79 Å². The topological polar surface area (TPSA) is 71.4 Å². The van der Waals surface area contributed by atoms with Gasteiger partial charge in [-0.05, 0) is 62.4 Å². The number of hydrogen-bond donors (Lipinski definition) is 1. The van der Waals surface area contributed by atoms with Crippen molar-refractivity contribution in [3.63, 3.8) is 0 Å². The molecule has 6 rings (SSSR count). The molecule has 6 nitrogen and oxygen atoms in total. The molecule has 0 amide bonds. The minimum Gasteiger partial charge on any atom is -0.486 e. The van der Waals surface area contributed by atoms with Crippen molar-refractivity contribution in [3.05, 3.63) is 63.7 Å². The van der Waals surface area contributed by atoms with Crippen LogP contribution in [0.15, 0.2) is 41.6 Å². The predicted octanol–water partition coefficient (Wildman–Crippen LogP) is 5.79. The molecule has 7 heteroatoms. The maximum absolute atomic E-state index is 11.1. The van der Waals surface area contributed by atoms with Crippen molar-refractivity contribution in [2.45, 2.75) is 75.5 Å². The number of oxime groups is 1. The van der Waals surface area contributed by atoms with E-state index in [0.29, 0.717) is 0 Å². The van der Waals surface area contributed by atoms with Crippen molar-refractivity contribution < 1.29 is 19.5 Å². The minimum atomic E-state index is -0.922. The van der Waals surface area contributed by atoms with Crippen molar-refractivity contribution in [2.24, 2.45) is 5.16 Å². The van der Waals surface area contributed by atoms with E-state index in [2.05, 4.69) is 36.0 Å². The molecule has 2 fully saturated rings. The molecule has 1 saturated heterocycles. The Balaban J connectivity index is 1.10. The summed E-state index contributed by atoms with van der Waals surface area (Å²) in [6, 6.07) is 11.3. The first-order valence-electron chi connectivity index (χ1n) is 12.5. The number of carboxylic acid groups (broad SMARTS) is 1. The van der Waals surface area contributed by atoms with Crippen LogP contribution in [0, 0.1) is 0 Å². The Morgan fingerprint density at radius 3 is 2.49 bits per heavy atom. The highest BCUT2D eigenvalue weighted by molar-refractivity contribution is 6.32. The van der Waals surface area contributed by atoms with Gasteiger partial charge in [-0.1, -0.05) is 35.0 Å². The van der Waals surface area contributed by atoms with Gasteiger partial charge in [0.05, 0.1) is 16.3 Å². The lowest BCUT2D eigenvalue weighted by Gasteiger charge is -2.39. The van der Waals surface area contributed by atoms with E-state index in [1.54, 1.807) is 12.1 Å². The molecule has 1 saturated carbocycles. The highest BCUT2D eigenvalue weighted by Crippen LogP contribution is 2.60. The number of hydrogen-bond acceptors (Lipinski definition) is 5. The SMILES string of the molecule is CC1(C)CC2(CC2)c2cc(CN3CCC4(CC3)CC(c3ccc(C(=O)O)cc3)=NO4)cc(Cl)c2O1. The monoisotopic (exact) mass is 494 g/mol. The van der Waals surface area contributed by atoms with Gasteiger partial charge in [-0.15, -0.1) is 0 Å². The van der Waals surface area contributed by atoms with Crippen molar-refractivity contribution >= 4 is 23.3 Å². The Kier molecular flexibility index (Phi) is 5.21. The van der Waals surface area contributed by atoms with Crippen molar-refractivity contribution in [3.8, 4) is 5.75 Å². The van der Waals surface area contributed by atoms with Gasteiger partial charge in [-0.3, -0.25) is 4.90 Å². The molecule has 3 aliphatic heterocycles. The van der Waals surface area contributed by atoms with Crippen LogP contribution < -0.4 is 4.74 Å². The van der Waals surface area contributed by atoms with Gasteiger partial charge in [0.2, 0.25) is 0 Å². The van der Waals surface area contributed by atoms with Crippen molar-refractivity contribution in [1.29, 1.82) is 0 Å². The normalized spacial score (nSPS) is 23.3. The molecule has 4 aliphatic rings. The van der Waals surface area contributed by atoms with Gasteiger partial charge in [0.1, 0.15) is 17.0 Å². The molecule has 0 bridgehead atoms. The third-order valence-corrected chi connectivity index (χ3v) is 8.43. The van der Waals surface area contributed by atoms with E-state index in [4.69, 9.17) is 26.3 Å². The van der Waals surface area contributed by atoms with Crippen LogP contribution in [-0.2, 0) is 16.8 Å². The van der Waals surface area contributed by atoms with E-state index in [-0.39, 0.29) is 22.2 Å². The maximum atomic E-state index is 11.1. The lowest BCUT2D eigenvalue weighted by Crippen LogP contribution is -2.44. The third-order valence-electron chi connectivity index (χ3n) is 8.15. The second-order valence-electron chi connectivity index (χ2n) is 11.4. The molecule has 0 radical (unpaired) electrons. The van der Waals surface area contributed by atoms with Crippen LogP contribution in [-0.4, -0.2) is 46.0 Å². The number of fused-ring (bicyclic) bond motifs is 2. The molecule has 1 aliphatic carbocycles. The Morgan fingerprint density at radius 2 is 1.83 bits per heavy atom. The highest BCUT2D eigenvalue weighted by Gasteiger charge is 2.53. The molecule has 35 heavy (non-hydrogen) atoms. The zero-order valence-corrected chi connectivity index (χ0v) is 21.0. The zero-order chi connectivity index (χ0) is 24.4. The highest BCUT2D eigenvalue weighted by atomic mass is 35.5. The number of ether oxygens (including phenoxy) is 1. The Hall–Kier alpha value is -2.57.